The minimum atomic E-state index is -0.148. The summed E-state index contributed by atoms with van der Waals surface area (Å²) < 4.78 is 0. The number of hydrogen-bond acceptors (Lipinski definition) is 3. The standard InChI is InChI=1S/C19H22N2OS/c1-20(2)13-8-14-21-16-11-6-7-12-17(16)23-18(19(21)22)15-9-4-3-5-10-15/h3-7,9-12,18H,8,13-14H2,1-2H3. The molecule has 4 heteroatoms. The summed E-state index contributed by atoms with van der Waals surface area (Å²) in [7, 11) is 4.13. The van der Waals surface area contributed by atoms with Crippen LogP contribution in [0.2, 0.25) is 0 Å². The topological polar surface area (TPSA) is 23.6 Å². The molecule has 120 valence electrons. The third kappa shape index (κ3) is 3.59. The van der Waals surface area contributed by atoms with Gasteiger partial charge in [0.2, 0.25) is 5.91 Å². The highest BCUT2D eigenvalue weighted by molar-refractivity contribution is 8.00. The zero-order chi connectivity index (χ0) is 16.2. The van der Waals surface area contributed by atoms with Gasteiger partial charge in [-0.2, -0.15) is 0 Å². The van der Waals surface area contributed by atoms with E-state index < -0.39 is 0 Å². The number of fused-ring (bicyclic) bond motifs is 1. The molecule has 1 atom stereocenters. The Kier molecular flexibility index (Phi) is 5.03. The molecule has 0 radical (unpaired) electrons. The molecule has 1 aliphatic rings. The summed E-state index contributed by atoms with van der Waals surface area (Å²) >= 11 is 1.66. The molecule has 23 heavy (non-hydrogen) atoms. The van der Waals surface area contributed by atoms with Crippen molar-refractivity contribution in [2.75, 3.05) is 32.1 Å². The fourth-order valence-corrected chi connectivity index (χ4v) is 4.06. The summed E-state index contributed by atoms with van der Waals surface area (Å²) in [4.78, 5) is 18.4. The van der Waals surface area contributed by atoms with Crippen LogP contribution in [-0.2, 0) is 4.79 Å². The second kappa shape index (κ2) is 7.20. The van der Waals surface area contributed by atoms with Gasteiger partial charge in [-0.15, -0.1) is 11.8 Å². The van der Waals surface area contributed by atoms with E-state index in [0.717, 1.165) is 30.8 Å². The first-order valence-corrected chi connectivity index (χ1v) is 8.81. The van der Waals surface area contributed by atoms with Crippen molar-refractivity contribution in [1.29, 1.82) is 0 Å². The molecule has 1 unspecified atom stereocenters. The van der Waals surface area contributed by atoms with Gasteiger partial charge in [-0.25, -0.2) is 0 Å². The average Bonchev–Trinajstić information content (AvgIpc) is 2.57. The number of thioether (sulfide) groups is 1. The lowest BCUT2D eigenvalue weighted by molar-refractivity contribution is -0.118. The number of nitrogens with zero attached hydrogens (tertiary/aromatic N) is 2. The number of carbonyl (C=O) groups is 1. The number of benzene rings is 2. The summed E-state index contributed by atoms with van der Waals surface area (Å²) in [5.41, 5.74) is 2.13. The summed E-state index contributed by atoms with van der Waals surface area (Å²) in [6.07, 6.45) is 0.971. The normalized spacial score (nSPS) is 17.4. The Morgan fingerprint density at radius 3 is 2.48 bits per heavy atom. The van der Waals surface area contributed by atoms with Gasteiger partial charge in [0, 0.05) is 11.4 Å². The van der Waals surface area contributed by atoms with Gasteiger partial charge < -0.3 is 9.80 Å². The van der Waals surface area contributed by atoms with Crippen LogP contribution in [0.25, 0.3) is 0 Å². The highest BCUT2D eigenvalue weighted by Crippen LogP contribution is 2.46. The Labute approximate surface area is 142 Å². The van der Waals surface area contributed by atoms with Gasteiger partial charge in [-0.05, 0) is 44.8 Å². The number of carbonyl (C=O) groups excluding carboxylic acids is 1. The van der Waals surface area contributed by atoms with E-state index in [0.29, 0.717) is 0 Å². The molecule has 0 saturated heterocycles. The summed E-state index contributed by atoms with van der Waals surface area (Å²) in [6.45, 7) is 1.74. The Morgan fingerprint density at radius 1 is 1.04 bits per heavy atom. The van der Waals surface area contributed by atoms with Crippen molar-refractivity contribution in [3.63, 3.8) is 0 Å². The lowest BCUT2D eigenvalue weighted by Gasteiger charge is -2.34. The summed E-state index contributed by atoms with van der Waals surface area (Å²) in [6, 6.07) is 18.3. The van der Waals surface area contributed by atoms with Crippen LogP contribution < -0.4 is 4.90 Å². The fourth-order valence-electron chi connectivity index (χ4n) is 2.83. The van der Waals surface area contributed by atoms with Crippen LogP contribution in [0.3, 0.4) is 0 Å². The van der Waals surface area contributed by atoms with E-state index in [4.69, 9.17) is 0 Å². The number of hydrogen-bond donors (Lipinski definition) is 0. The van der Waals surface area contributed by atoms with Crippen molar-refractivity contribution in [1.82, 2.24) is 4.90 Å². The van der Waals surface area contributed by atoms with E-state index in [1.165, 1.54) is 4.90 Å². The Bertz CT molecular complexity index is 672. The van der Waals surface area contributed by atoms with Crippen LogP contribution in [0.15, 0.2) is 59.5 Å². The molecule has 3 nitrogen and oxygen atoms in total. The Hall–Kier alpha value is -1.78. The molecule has 0 spiro atoms. The smallest absolute Gasteiger partial charge is 0.245 e. The van der Waals surface area contributed by atoms with E-state index >= 15 is 0 Å². The maximum Gasteiger partial charge on any atom is 0.245 e. The average molecular weight is 326 g/mol. The zero-order valence-electron chi connectivity index (χ0n) is 13.6. The minimum Gasteiger partial charge on any atom is -0.310 e. The summed E-state index contributed by atoms with van der Waals surface area (Å²) in [5, 5.41) is -0.148. The molecule has 2 aromatic carbocycles. The molecule has 1 aliphatic heterocycles. The van der Waals surface area contributed by atoms with Crippen LogP contribution in [0, 0.1) is 0 Å². The highest BCUT2D eigenvalue weighted by atomic mass is 32.2. The molecule has 0 saturated carbocycles. The lowest BCUT2D eigenvalue weighted by atomic mass is 10.1. The first-order chi connectivity index (χ1) is 11.2. The molecule has 0 aromatic heterocycles. The quantitative estimate of drug-likeness (QED) is 0.834. The van der Waals surface area contributed by atoms with Crippen molar-refractivity contribution >= 4 is 23.4 Å². The zero-order valence-corrected chi connectivity index (χ0v) is 14.4. The van der Waals surface area contributed by atoms with Gasteiger partial charge in [-0.1, -0.05) is 42.5 Å². The number of anilines is 1. The first kappa shape index (κ1) is 16.1. The molecule has 1 amide bonds. The van der Waals surface area contributed by atoms with E-state index in [2.05, 4.69) is 31.1 Å². The van der Waals surface area contributed by atoms with Gasteiger partial charge in [-0.3, -0.25) is 4.79 Å². The van der Waals surface area contributed by atoms with Crippen LogP contribution in [0.1, 0.15) is 17.2 Å². The third-order valence-corrected chi connectivity index (χ3v) is 5.29. The molecular formula is C19H22N2OS. The second-order valence-corrected chi connectivity index (χ2v) is 7.17. The first-order valence-electron chi connectivity index (χ1n) is 7.93. The maximum absolute atomic E-state index is 13.1. The van der Waals surface area contributed by atoms with E-state index in [1.54, 1.807) is 11.8 Å². The van der Waals surface area contributed by atoms with Crippen LogP contribution in [-0.4, -0.2) is 38.0 Å². The van der Waals surface area contributed by atoms with Gasteiger partial charge in [0.25, 0.3) is 0 Å². The van der Waals surface area contributed by atoms with Crippen molar-refractivity contribution in [3.8, 4) is 0 Å². The van der Waals surface area contributed by atoms with Crippen LogP contribution in [0.4, 0.5) is 5.69 Å². The van der Waals surface area contributed by atoms with Gasteiger partial charge in [0.1, 0.15) is 5.25 Å². The largest absolute Gasteiger partial charge is 0.310 e. The highest BCUT2D eigenvalue weighted by Gasteiger charge is 2.33. The monoisotopic (exact) mass is 326 g/mol. The molecule has 0 bridgehead atoms. The molecule has 0 aliphatic carbocycles. The number of amides is 1. The molecule has 0 fully saturated rings. The van der Waals surface area contributed by atoms with E-state index in [1.807, 2.05) is 47.4 Å². The SMILES string of the molecule is CN(C)CCCN1C(=O)C(c2ccccc2)Sc2ccccc21. The van der Waals surface area contributed by atoms with Crippen molar-refractivity contribution in [2.45, 2.75) is 16.6 Å². The van der Waals surface area contributed by atoms with Gasteiger partial charge >= 0.3 is 0 Å². The third-order valence-electron chi connectivity index (χ3n) is 3.98. The predicted molar refractivity (Wildman–Crippen MR) is 97.0 cm³/mol. The Morgan fingerprint density at radius 2 is 1.74 bits per heavy atom. The van der Waals surface area contributed by atoms with Crippen molar-refractivity contribution < 1.29 is 4.79 Å². The van der Waals surface area contributed by atoms with Gasteiger partial charge in [0.05, 0.1) is 5.69 Å². The molecule has 3 rings (SSSR count). The lowest BCUT2D eigenvalue weighted by Crippen LogP contribution is -2.38. The summed E-state index contributed by atoms with van der Waals surface area (Å²) in [5.74, 6) is 0.193. The van der Waals surface area contributed by atoms with E-state index in [-0.39, 0.29) is 11.2 Å². The Balaban J connectivity index is 1.88. The van der Waals surface area contributed by atoms with Crippen LogP contribution in [0.5, 0.6) is 0 Å². The van der Waals surface area contributed by atoms with Crippen LogP contribution >= 0.6 is 11.8 Å². The number of para-hydroxylation sites is 1. The minimum absolute atomic E-state index is 0.148. The molecule has 0 N–H and O–H groups in total. The molecular weight excluding hydrogens is 304 g/mol. The van der Waals surface area contributed by atoms with Crippen molar-refractivity contribution in [3.05, 3.63) is 60.2 Å². The van der Waals surface area contributed by atoms with E-state index in [9.17, 15) is 4.79 Å². The second-order valence-electron chi connectivity index (χ2n) is 6.02. The molecule has 2 aromatic rings. The van der Waals surface area contributed by atoms with Gasteiger partial charge in [0.15, 0.2) is 0 Å². The predicted octanol–water partition coefficient (Wildman–Crippen LogP) is 3.82. The van der Waals surface area contributed by atoms with Crippen molar-refractivity contribution in [2.24, 2.45) is 0 Å². The molecule has 1 heterocycles. The number of rotatable bonds is 5. The fraction of sp³-hybridized carbons (Fsp3) is 0.316. The maximum atomic E-state index is 13.1.